The third kappa shape index (κ3) is 5.50. The molecular weight excluding hydrogens is 471 g/mol. The molecule has 1 atom stereocenters. The monoisotopic (exact) mass is 498 g/mol. The van der Waals surface area contributed by atoms with Gasteiger partial charge in [0.1, 0.15) is 0 Å². The number of halogens is 3. The van der Waals surface area contributed by atoms with Gasteiger partial charge in [-0.15, -0.1) is 0 Å². The summed E-state index contributed by atoms with van der Waals surface area (Å²) in [5.41, 5.74) is 6.99. The second-order valence-corrected chi connectivity index (χ2v) is 13.1. The first kappa shape index (κ1) is 28.7. The predicted molar refractivity (Wildman–Crippen MR) is 113 cm³/mol. The molecule has 0 fully saturated rings. The van der Waals surface area contributed by atoms with Gasteiger partial charge in [-0.3, -0.25) is 0 Å². The van der Waals surface area contributed by atoms with Crippen LogP contribution in [0.2, 0.25) is 6.55 Å². The zero-order valence-corrected chi connectivity index (χ0v) is 23.1. The van der Waals surface area contributed by atoms with E-state index in [4.69, 9.17) is 0 Å². The minimum absolute atomic E-state index is 0. The Bertz CT molecular complexity index is 855. The van der Waals surface area contributed by atoms with Gasteiger partial charge in [-0.2, -0.15) is 0 Å². The molecule has 0 N–H and O–H groups in total. The summed E-state index contributed by atoms with van der Waals surface area (Å²) in [5, 5.41) is 4.68. The molecule has 1 aliphatic carbocycles. The summed E-state index contributed by atoms with van der Waals surface area (Å²) in [6, 6.07) is 14.3. The minimum Gasteiger partial charge on any atom is -1.00 e. The molecule has 0 radical (unpaired) electrons. The van der Waals surface area contributed by atoms with Gasteiger partial charge >= 0.3 is 172 Å². The Hall–Kier alpha value is -0.279. The third-order valence-corrected chi connectivity index (χ3v) is 11.6. The number of hydrogen-bond donors (Lipinski definition) is 0. The quantitative estimate of drug-likeness (QED) is 0.379. The van der Waals surface area contributed by atoms with Crippen molar-refractivity contribution < 1.29 is 57.7 Å². The molecule has 1 unspecified atom stereocenters. The summed E-state index contributed by atoms with van der Waals surface area (Å²) in [7, 11) is -2.04. The van der Waals surface area contributed by atoms with Crippen molar-refractivity contribution in [1.29, 1.82) is 0 Å². The van der Waals surface area contributed by atoms with Crippen LogP contribution in [0.5, 0.6) is 0 Å². The molecule has 3 rings (SSSR count). The second-order valence-electron chi connectivity index (χ2n) is 8.29. The predicted octanol–water partition coefficient (Wildman–Crippen LogP) is -3.94. The maximum Gasteiger partial charge on any atom is -1.00 e. The van der Waals surface area contributed by atoms with E-state index in [1.807, 2.05) is 0 Å². The molecule has 0 aliphatic heterocycles. The first-order valence-electron chi connectivity index (χ1n) is 9.45. The molecule has 2 aromatic rings. The van der Waals surface area contributed by atoms with Crippen molar-refractivity contribution in [3.63, 3.8) is 0 Å². The summed E-state index contributed by atoms with van der Waals surface area (Å²) >= 11 is 2.31. The molecule has 0 saturated heterocycles. The fourth-order valence-electron chi connectivity index (χ4n) is 4.49. The average Bonchev–Trinajstić information content (AvgIpc) is 2.80. The number of allylic oxidation sites excluding steroid dienone is 4. The molecule has 0 saturated carbocycles. The van der Waals surface area contributed by atoms with Crippen molar-refractivity contribution in [1.82, 2.24) is 0 Å². The first-order valence-corrected chi connectivity index (χ1v) is 12.7. The Morgan fingerprint density at radius 2 is 1.03 bits per heavy atom. The molecule has 0 amide bonds. The maximum absolute atomic E-state index is 2.55. The van der Waals surface area contributed by atoms with Crippen molar-refractivity contribution in [2.24, 2.45) is 5.92 Å². The third-order valence-electron chi connectivity index (χ3n) is 5.82. The van der Waals surface area contributed by atoms with Crippen LogP contribution in [0.3, 0.4) is 0 Å². The standard InChI is InChI=1S/C24H29Si.3ClH.Ti/c1-16-8-17(2)12-22(11-16)25(7,24-15-20(5)10-21(24)6)23-13-18(3)9-19(4)14-23;;;;/h8-9,11-15,20H,1-7H3;3*1H;/q;;;;+3/p-3. The van der Waals surface area contributed by atoms with Gasteiger partial charge in [0, 0.05) is 0 Å². The van der Waals surface area contributed by atoms with Gasteiger partial charge in [0.15, 0.2) is 0 Å². The van der Waals surface area contributed by atoms with Crippen LogP contribution in [-0.2, 0) is 20.4 Å². The molecule has 154 valence electrons. The number of hydrogen-bond acceptors (Lipinski definition) is 0. The van der Waals surface area contributed by atoms with Crippen LogP contribution < -0.4 is 47.6 Å². The first-order chi connectivity index (χ1) is 12.1. The van der Waals surface area contributed by atoms with Crippen LogP contribution in [0.25, 0.3) is 0 Å². The minimum atomic E-state index is -2.04. The Kier molecular flexibility index (Phi) is 10.7. The number of benzene rings is 2. The summed E-state index contributed by atoms with van der Waals surface area (Å²) in [6.07, 6.45) is 2.55. The van der Waals surface area contributed by atoms with E-state index < -0.39 is 8.07 Å². The SMILES string of the molecule is CC1=[C]([Ti+3])C(C)C=C1[Si](C)(c1cc(C)cc(C)c1)c1cc(C)cc(C)c1.[Cl-].[Cl-].[Cl-]. The van der Waals surface area contributed by atoms with Crippen LogP contribution in [0.1, 0.15) is 36.1 Å². The summed E-state index contributed by atoms with van der Waals surface area (Å²) in [4.78, 5) is 0. The normalized spacial score (nSPS) is 15.9. The van der Waals surface area contributed by atoms with Crippen molar-refractivity contribution in [3.05, 3.63) is 79.4 Å². The van der Waals surface area contributed by atoms with Crippen LogP contribution in [0.4, 0.5) is 0 Å². The van der Waals surface area contributed by atoms with Gasteiger partial charge < -0.3 is 37.2 Å². The zero-order valence-electron chi connectivity index (χ0n) is 18.3. The van der Waals surface area contributed by atoms with Gasteiger partial charge in [-0.05, 0) is 0 Å². The second kappa shape index (κ2) is 10.8. The Morgan fingerprint density at radius 3 is 1.31 bits per heavy atom. The van der Waals surface area contributed by atoms with E-state index in [0.29, 0.717) is 5.92 Å². The molecule has 0 bridgehead atoms. The van der Waals surface area contributed by atoms with Crippen molar-refractivity contribution in [2.75, 3.05) is 0 Å². The van der Waals surface area contributed by atoms with Gasteiger partial charge in [-0.25, -0.2) is 0 Å². The van der Waals surface area contributed by atoms with E-state index in [9.17, 15) is 0 Å². The van der Waals surface area contributed by atoms with Crippen molar-refractivity contribution in [2.45, 2.75) is 48.1 Å². The number of rotatable bonds is 3. The molecule has 5 heteroatoms. The van der Waals surface area contributed by atoms with E-state index in [2.05, 4.69) is 111 Å². The van der Waals surface area contributed by atoms with Gasteiger partial charge in [0.05, 0.1) is 0 Å². The fourth-order valence-corrected chi connectivity index (χ4v) is 9.52. The Labute approximate surface area is 208 Å². The van der Waals surface area contributed by atoms with Crippen molar-refractivity contribution in [3.8, 4) is 0 Å². The Morgan fingerprint density at radius 1 is 0.690 bits per heavy atom. The summed E-state index contributed by atoms with van der Waals surface area (Å²) in [5.74, 6) is 0.550. The van der Waals surface area contributed by atoms with Gasteiger partial charge in [0.2, 0.25) is 0 Å². The topological polar surface area (TPSA) is 0 Å². The van der Waals surface area contributed by atoms with Crippen molar-refractivity contribution >= 4 is 18.4 Å². The van der Waals surface area contributed by atoms with E-state index in [1.165, 1.54) is 42.1 Å². The largest absolute Gasteiger partial charge is 1.00 e. The maximum atomic E-state index is 2.55. The van der Waals surface area contributed by atoms with Crippen LogP contribution >= 0.6 is 0 Å². The average molecular weight is 500 g/mol. The van der Waals surface area contributed by atoms with Crippen LogP contribution in [-0.4, -0.2) is 8.07 Å². The molecular formula is C24H29Cl3SiTi. The van der Waals surface area contributed by atoms with Gasteiger partial charge in [-0.1, -0.05) is 0 Å². The fraction of sp³-hybridized carbons (Fsp3) is 0.333. The molecule has 1 aliphatic rings. The van der Waals surface area contributed by atoms with Gasteiger partial charge in [0.25, 0.3) is 0 Å². The van der Waals surface area contributed by atoms with Crippen LogP contribution in [0, 0.1) is 33.6 Å². The molecule has 0 spiro atoms. The zero-order chi connectivity index (χ0) is 19.2. The molecule has 0 nitrogen and oxygen atoms in total. The Balaban J connectivity index is 0.00000261. The van der Waals surface area contributed by atoms with E-state index >= 15 is 0 Å². The summed E-state index contributed by atoms with van der Waals surface area (Å²) in [6.45, 7) is 16.1. The summed E-state index contributed by atoms with van der Waals surface area (Å²) < 4.78 is 1.53. The number of aryl methyl sites for hydroxylation is 4. The van der Waals surface area contributed by atoms with E-state index in [-0.39, 0.29) is 37.2 Å². The van der Waals surface area contributed by atoms with E-state index in [0.717, 1.165) is 0 Å². The molecule has 2 aromatic carbocycles. The molecule has 0 heterocycles. The smallest absolute Gasteiger partial charge is 1.00 e. The molecule has 29 heavy (non-hydrogen) atoms. The van der Waals surface area contributed by atoms with E-state index in [1.54, 1.807) is 5.20 Å². The molecule has 0 aromatic heterocycles. The van der Waals surface area contributed by atoms with Crippen LogP contribution in [0.15, 0.2) is 57.1 Å².